The van der Waals surface area contributed by atoms with Crippen LogP contribution < -0.4 is 4.74 Å². The largest absolute Gasteiger partial charge is 0.573 e. The summed E-state index contributed by atoms with van der Waals surface area (Å²) in [5.41, 5.74) is 0.711. The van der Waals surface area contributed by atoms with Crippen LogP contribution in [0.5, 0.6) is 5.75 Å². The van der Waals surface area contributed by atoms with Crippen LogP contribution in [0.1, 0.15) is 50.9 Å². The van der Waals surface area contributed by atoms with Crippen LogP contribution in [0.4, 0.5) is 13.2 Å². The average molecular weight is 358 g/mol. The van der Waals surface area contributed by atoms with Crippen LogP contribution in [0.3, 0.4) is 0 Å². The highest BCUT2D eigenvalue weighted by atomic mass is 19.4. The summed E-state index contributed by atoms with van der Waals surface area (Å²) < 4.78 is 52.1. The Hall–Kier alpha value is -1.27. The van der Waals surface area contributed by atoms with Crippen molar-refractivity contribution >= 4 is 0 Å². The van der Waals surface area contributed by atoms with Crippen molar-refractivity contribution < 1.29 is 27.4 Å². The molecule has 0 unspecified atom stereocenters. The smallest absolute Gasteiger partial charge is 0.406 e. The minimum Gasteiger partial charge on any atom is -0.406 e. The number of hydrogen-bond acceptors (Lipinski definition) is 3. The molecular weight excluding hydrogens is 333 g/mol. The monoisotopic (exact) mass is 358 g/mol. The zero-order chi connectivity index (χ0) is 17.9. The molecule has 25 heavy (non-hydrogen) atoms. The lowest BCUT2D eigenvalue weighted by Gasteiger charge is -2.37. The highest BCUT2D eigenvalue weighted by Gasteiger charge is 2.33. The maximum atomic E-state index is 12.2. The summed E-state index contributed by atoms with van der Waals surface area (Å²) in [6, 6.07) is 5.68. The van der Waals surface area contributed by atoms with Gasteiger partial charge in [-0.1, -0.05) is 38.3 Å². The van der Waals surface area contributed by atoms with Gasteiger partial charge in [0.1, 0.15) is 5.75 Å². The van der Waals surface area contributed by atoms with Gasteiger partial charge in [0.2, 0.25) is 0 Å². The first-order valence-electron chi connectivity index (χ1n) is 9.03. The Labute approximate surface area is 146 Å². The fourth-order valence-electron chi connectivity index (χ4n) is 3.88. The molecule has 0 N–H and O–H groups in total. The molecule has 1 aliphatic heterocycles. The summed E-state index contributed by atoms with van der Waals surface area (Å²) in [6.45, 7) is 3.55. The van der Waals surface area contributed by atoms with Crippen molar-refractivity contribution in [2.45, 2.75) is 51.7 Å². The van der Waals surface area contributed by atoms with E-state index in [0.29, 0.717) is 30.6 Å². The van der Waals surface area contributed by atoms with Crippen molar-refractivity contribution in [3.63, 3.8) is 0 Å². The molecule has 1 saturated carbocycles. The van der Waals surface area contributed by atoms with Crippen LogP contribution >= 0.6 is 0 Å². The van der Waals surface area contributed by atoms with E-state index in [1.165, 1.54) is 44.2 Å². The third-order valence-electron chi connectivity index (χ3n) is 5.44. The Morgan fingerprint density at radius 2 is 1.56 bits per heavy atom. The highest BCUT2D eigenvalue weighted by Crippen LogP contribution is 2.38. The van der Waals surface area contributed by atoms with Crippen molar-refractivity contribution in [1.82, 2.24) is 0 Å². The van der Waals surface area contributed by atoms with Gasteiger partial charge in [-0.2, -0.15) is 0 Å². The molecule has 0 atom stereocenters. The summed E-state index contributed by atoms with van der Waals surface area (Å²) in [5.74, 6) is 1.71. The highest BCUT2D eigenvalue weighted by molar-refractivity contribution is 5.28. The molecule has 1 aliphatic carbocycles. The third-order valence-corrected chi connectivity index (χ3v) is 5.44. The molecule has 2 aliphatic rings. The molecule has 3 nitrogen and oxygen atoms in total. The maximum Gasteiger partial charge on any atom is 0.573 e. The Morgan fingerprint density at radius 3 is 2.08 bits per heavy atom. The second-order valence-corrected chi connectivity index (χ2v) is 7.06. The normalized spacial score (nSPS) is 30.9. The van der Waals surface area contributed by atoms with Gasteiger partial charge in [-0.25, -0.2) is 0 Å². The zero-order valence-corrected chi connectivity index (χ0v) is 14.4. The topological polar surface area (TPSA) is 27.7 Å². The van der Waals surface area contributed by atoms with Crippen LogP contribution in [0.2, 0.25) is 0 Å². The number of rotatable bonds is 4. The summed E-state index contributed by atoms with van der Waals surface area (Å²) in [5, 5.41) is 0. The summed E-state index contributed by atoms with van der Waals surface area (Å²) in [6.07, 6.45) is 1.14. The van der Waals surface area contributed by atoms with Gasteiger partial charge >= 0.3 is 6.36 Å². The van der Waals surface area contributed by atoms with Crippen LogP contribution in [0.15, 0.2) is 24.3 Å². The quantitative estimate of drug-likeness (QED) is 0.715. The molecule has 0 amide bonds. The van der Waals surface area contributed by atoms with Gasteiger partial charge < -0.3 is 14.2 Å². The molecule has 1 aromatic rings. The summed E-state index contributed by atoms with van der Waals surface area (Å²) >= 11 is 0. The van der Waals surface area contributed by atoms with Gasteiger partial charge in [0.15, 0.2) is 6.29 Å². The number of halogens is 3. The van der Waals surface area contributed by atoms with Gasteiger partial charge in [-0.05, 0) is 36.8 Å². The van der Waals surface area contributed by atoms with E-state index in [4.69, 9.17) is 9.47 Å². The van der Waals surface area contributed by atoms with Gasteiger partial charge in [0, 0.05) is 11.5 Å². The van der Waals surface area contributed by atoms with Gasteiger partial charge in [0.05, 0.1) is 13.2 Å². The number of benzene rings is 1. The Morgan fingerprint density at radius 1 is 0.960 bits per heavy atom. The average Bonchev–Trinajstić information content (AvgIpc) is 2.61. The molecule has 1 aromatic carbocycles. The lowest BCUT2D eigenvalue weighted by atomic mass is 9.75. The van der Waals surface area contributed by atoms with E-state index in [2.05, 4.69) is 11.7 Å². The van der Waals surface area contributed by atoms with E-state index in [1.54, 1.807) is 12.1 Å². The molecule has 2 fully saturated rings. The first kappa shape index (κ1) is 18.5. The van der Waals surface area contributed by atoms with E-state index in [0.717, 1.165) is 5.92 Å². The van der Waals surface area contributed by atoms with E-state index < -0.39 is 12.7 Å². The fourth-order valence-corrected chi connectivity index (χ4v) is 3.88. The van der Waals surface area contributed by atoms with E-state index >= 15 is 0 Å². The molecule has 0 radical (unpaired) electrons. The van der Waals surface area contributed by atoms with Gasteiger partial charge in [-0.15, -0.1) is 13.2 Å². The van der Waals surface area contributed by atoms with Crippen LogP contribution in [-0.4, -0.2) is 19.6 Å². The first-order valence-corrected chi connectivity index (χ1v) is 9.03. The molecule has 1 saturated heterocycles. The van der Waals surface area contributed by atoms with Crippen molar-refractivity contribution in [1.29, 1.82) is 0 Å². The maximum absolute atomic E-state index is 12.2. The summed E-state index contributed by atoms with van der Waals surface area (Å²) in [7, 11) is 0. The molecular formula is C19H25F3O3. The predicted octanol–water partition coefficient (Wildman–Crippen LogP) is 5.46. The minimum atomic E-state index is -4.68. The lowest BCUT2D eigenvalue weighted by molar-refractivity contribution is -0.274. The van der Waals surface area contributed by atoms with Crippen LogP contribution in [0.25, 0.3) is 0 Å². The minimum absolute atomic E-state index is 0.238. The van der Waals surface area contributed by atoms with Crippen molar-refractivity contribution in [2.24, 2.45) is 17.8 Å². The van der Waals surface area contributed by atoms with Crippen LogP contribution in [-0.2, 0) is 9.47 Å². The third kappa shape index (κ3) is 5.11. The van der Waals surface area contributed by atoms with Crippen molar-refractivity contribution in [3.05, 3.63) is 29.8 Å². The van der Waals surface area contributed by atoms with E-state index in [9.17, 15) is 13.2 Å². The first-order chi connectivity index (χ1) is 11.9. The second kappa shape index (κ2) is 7.96. The molecule has 6 heteroatoms. The van der Waals surface area contributed by atoms with Crippen molar-refractivity contribution in [3.8, 4) is 5.75 Å². The summed E-state index contributed by atoms with van der Waals surface area (Å²) in [4.78, 5) is 0. The van der Waals surface area contributed by atoms with Crippen LogP contribution in [0, 0.1) is 17.8 Å². The predicted molar refractivity (Wildman–Crippen MR) is 87.0 cm³/mol. The molecule has 0 aromatic heterocycles. The number of ether oxygens (including phenoxy) is 3. The molecule has 0 spiro atoms. The zero-order valence-electron chi connectivity index (χ0n) is 14.4. The Kier molecular flexibility index (Phi) is 5.89. The second-order valence-electron chi connectivity index (χ2n) is 7.06. The van der Waals surface area contributed by atoms with E-state index in [1.807, 2.05) is 0 Å². The molecule has 0 bridgehead atoms. The Balaban J connectivity index is 1.49. The lowest BCUT2D eigenvalue weighted by Crippen LogP contribution is -2.34. The van der Waals surface area contributed by atoms with Crippen molar-refractivity contribution in [2.75, 3.05) is 13.2 Å². The molecule has 1 heterocycles. The standard InChI is InChI=1S/C19H25F3O3/c1-2-13-3-5-14(6-4-13)16-11-23-18(24-12-16)15-7-9-17(10-8-15)25-19(20,21)22/h7-10,13-14,16,18H,2-6,11-12H2,1H3/t13-,14-,16?,18?. The van der Waals surface area contributed by atoms with Gasteiger partial charge in [-0.3, -0.25) is 0 Å². The van der Waals surface area contributed by atoms with E-state index in [-0.39, 0.29) is 5.75 Å². The molecule has 140 valence electrons. The SMILES string of the molecule is CC[C@H]1CC[C@H](C2COC(c3ccc(OC(F)(F)F)cc3)OC2)CC1. The van der Waals surface area contributed by atoms with Gasteiger partial charge in [0.25, 0.3) is 0 Å². The Bertz CT molecular complexity index is 528. The molecule has 3 rings (SSSR count). The number of alkyl halides is 3. The fraction of sp³-hybridized carbons (Fsp3) is 0.684. The number of hydrogen-bond donors (Lipinski definition) is 0.